The van der Waals surface area contributed by atoms with E-state index in [0.717, 1.165) is 13.8 Å². The molecule has 0 spiro atoms. The van der Waals surface area contributed by atoms with Crippen LogP contribution in [-0.4, -0.2) is 14.9 Å². The Hall–Kier alpha value is -0.880. The molecule has 2 nitrogen and oxygen atoms in total. The van der Waals surface area contributed by atoms with E-state index in [1.165, 1.54) is 24.3 Å². The normalized spacial score (nSPS) is 14.9. The fourth-order valence-corrected chi connectivity index (χ4v) is 1.52. The number of alkyl halides is 3. The Bertz CT molecular complexity index is 396. The van der Waals surface area contributed by atoms with Gasteiger partial charge in [0.25, 0.3) is 0 Å². The molecule has 1 atom stereocenters. The highest BCUT2D eigenvalue weighted by molar-refractivity contribution is 7.79. The van der Waals surface area contributed by atoms with Crippen LogP contribution in [0.5, 0.6) is 0 Å². The Balaban J connectivity index is 3.11. The van der Waals surface area contributed by atoms with Crippen molar-refractivity contribution in [1.82, 2.24) is 0 Å². The van der Waals surface area contributed by atoms with Crippen LogP contribution >= 0.6 is 0 Å². The predicted molar refractivity (Wildman–Crippen MR) is 54.6 cm³/mol. The van der Waals surface area contributed by atoms with Gasteiger partial charge in [-0.25, -0.2) is 4.21 Å². The van der Waals surface area contributed by atoms with Crippen LogP contribution in [0.15, 0.2) is 29.2 Å². The topological polar surface area (TPSA) is 37.3 Å². The molecule has 1 unspecified atom stereocenters. The SMILES string of the molecule is CC(C)(c1ccc(S(=O)O)cc1)C(F)(F)F. The molecule has 0 aromatic heterocycles. The van der Waals surface area contributed by atoms with Gasteiger partial charge in [0.15, 0.2) is 11.1 Å². The molecule has 0 bridgehead atoms. The molecule has 1 N–H and O–H groups in total. The van der Waals surface area contributed by atoms with Crippen molar-refractivity contribution in [3.63, 3.8) is 0 Å². The van der Waals surface area contributed by atoms with E-state index in [1.54, 1.807) is 0 Å². The Morgan fingerprint density at radius 3 is 1.88 bits per heavy atom. The first-order valence-electron chi connectivity index (χ1n) is 4.44. The molecular formula is C10H11F3O2S. The zero-order valence-electron chi connectivity index (χ0n) is 8.71. The molecule has 1 aromatic rings. The van der Waals surface area contributed by atoms with Gasteiger partial charge in [-0.05, 0) is 31.5 Å². The summed E-state index contributed by atoms with van der Waals surface area (Å²) in [6, 6.07) is 4.88. The molecule has 1 aromatic carbocycles. The summed E-state index contributed by atoms with van der Waals surface area (Å²) in [7, 11) is 0. The van der Waals surface area contributed by atoms with Gasteiger partial charge in [-0.15, -0.1) is 0 Å². The summed E-state index contributed by atoms with van der Waals surface area (Å²) < 4.78 is 57.4. The van der Waals surface area contributed by atoms with E-state index in [9.17, 15) is 17.4 Å². The Kier molecular flexibility index (Phi) is 3.44. The van der Waals surface area contributed by atoms with Crippen molar-refractivity contribution in [3.8, 4) is 0 Å². The van der Waals surface area contributed by atoms with Crippen LogP contribution in [0.2, 0.25) is 0 Å². The highest BCUT2D eigenvalue weighted by Gasteiger charge is 2.48. The molecule has 0 heterocycles. The van der Waals surface area contributed by atoms with Crippen LogP contribution in [0.25, 0.3) is 0 Å². The average Bonchev–Trinajstić information content (AvgIpc) is 2.16. The molecule has 0 aliphatic heterocycles. The fraction of sp³-hybridized carbons (Fsp3) is 0.400. The van der Waals surface area contributed by atoms with Gasteiger partial charge in [0, 0.05) is 0 Å². The summed E-state index contributed by atoms with van der Waals surface area (Å²) >= 11 is -2.17. The van der Waals surface area contributed by atoms with E-state index in [0.29, 0.717) is 0 Å². The minimum atomic E-state index is -4.35. The summed E-state index contributed by atoms with van der Waals surface area (Å²) in [6.45, 7) is 2.13. The highest BCUT2D eigenvalue weighted by atomic mass is 32.2. The van der Waals surface area contributed by atoms with Crippen molar-refractivity contribution >= 4 is 11.1 Å². The van der Waals surface area contributed by atoms with Gasteiger partial charge in [0.2, 0.25) is 0 Å². The van der Waals surface area contributed by atoms with Crippen molar-refractivity contribution in [2.24, 2.45) is 0 Å². The fourth-order valence-electron chi connectivity index (χ4n) is 1.15. The second-order valence-electron chi connectivity index (χ2n) is 3.90. The monoisotopic (exact) mass is 252 g/mol. The Labute approximate surface area is 93.8 Å². The summed E-state index contributed by atoms with van der Waals surface area (Å²) in [5, 5.41) is 0. The summed E-state index contributed by atoms with van der Waals surface area (Å²) in [4.78, 5) is 0.0849. The second-order valence-corrected chi connectivity index (χ2v) is 4.87. The lowest BCUT2D eigenvalue weighted by Gasteiger charge is -2.28. The molecule has 16 heavy (non-hydrogen) atoms. The number of hydrogen-bond acceptors (Lipinski definition) is 1. The lowest BCUT2D eigenvalue weighted by Crippen LogP contribution is -2.36. The quantitative estimate of drug-likeness (QED) is 0.821. The zero-order valence-corrected chi connectivity index (χ0v) is 9.52. The van der Waals surface area contributed by atoms with Gasteiger partial charge in [0.1, 0.15) is 0 Å². The third kappa shape index (κ3) is 2.44. The molecule has 90 valence electrons. The predicted octanol–water partition coefficient (Wildman–Crippen LogP) is 3.11. The summed E-state index contributed by atoms with van der Waals surface area (Å²) in [6.07, 6.45) is -4.35. The van der Waals surface area contributed by atoms with Crippen molar-refractivity contribution < 1.29 is 21.9 Å². The van der Waals surface area contributed by atoms with Crippen LogP contribution in [0.1, 0.15) is 19.4 Å². The van der Waals surface area contributed by atoms with Gasteiger partial charge >= 0.3 is 6.18 Å². The van der Waals surface area contributed by atoms with Crippen LogP contribution in [0, 0.1) is 0 Å². The molecule has 0 saturated carbocycles. The van der Waals surface area contributed by atoms with E-state index in [1.807, 2.05) is 0 Å². The molecule has 0 saturated heterocycles. The molecule has 0 aliphatic rings. The van der Waals surface area contributed by atoms with Crippen LogP contribution in [0.4, 0.5) is 13.2 Å². The molecule has 1 rings (SSSR count). The van der Waals surface area contributed by atoms with Gasteiger partial charge < -0.3 is 4.55 Å². The van der Waals surface area contributed by atoms with E-state index in [4.69, 9.17) is 4.55 Å². The molecule has 6 heteroatoms. The number of benzene rings is 1. The average molecular weight is 252 g/mol. The van der Waals surface area contributed by atoms with Crippen molar-refractivity contribution in [2.45, 2.75) is 30.3 Å². The Morgan fingerprint density at radius 1 is 1.12 bits per heavy atom. The molecule has 0 fully saturated rings. The van der Waals surface area contributed by atoms with Gasteiger partial charge in [-0.3, -0.25) is 0 Å². The standard InChI is InChI=1S/C10H11F3O2S/c1-9(2,10(11,12)13)7-3-5-8(6-4-7)16(14)15/h3-6H,1-2H3,(H,14,15). The van der Waals surface area contributed by atoms with Gasteiger partial charge in [0.05, 0.1) is 10.3 Å². The first-order valence-corrected chi connectivity index (χ1v) is 5.55. The van der Waals surface area contributed by atoms with E-state index in [2.05, 4.69) is 0 Å². The van der Waals surface area contributed by atoms with Crippen molar-refractivity contribution in [1.29, 1.82) is 0 Å². The lowest BCUT2D eigenvalue weighted by molar-refractivity contribution is -0.180. The van der Waals surface area contributed by atoms with Crippen molar-refractivity contribution in [2.75, 3.05) is 0 Å². The highest BCUT2D eigenvalue weighted by Crippen LogP contribution is 2.40. The van der Waals surface area contributed by atoms with E-state index < -0.39 is 22.7 Å². The second kappa shape index (κ2) is 4.18. The molecule has 0 amide bonds. The first-order chi connectivity index (χ1) is 7.16. The number of hydrogen-bond donors (Lipinski definition) is 1. The first kappa shape index (κ1) is 13.2. The maximum absolute atomic E-state index is 12.7. The van der Waals surface area contributed by atoms with E-state index in [-0.39, 0.29) is 10.5 Å². The van der Waals surface area contributed by atoms with Crippen LogP contribution in [-0.2, 0) is 16.5 Å². The smallest absolute Gasteiger partial charge is 0.302 e. The molecule has 0 aliphatic carbocycles. The number of halogens is 3. The van der Waals surface area contributed by atoms with Crippen LogP contribution < -0.4 is 0 Å². The van der Waals surface area contributed by atoms with Crippen molar-refractivity contribution in [3.05, 3.63) is 29.8 Å². The van der Waals surface area contributed by atoms with Gasteiger partial charge in [-0.2, -0.15) is 13.2 Å². The van der Waals surface area contributed by atoms with E-state index >= 15 is 0 Å². The summed E-state index contributed by atoms with van der Waals surface area (Å²) in [5.74, 6) is 0. The maximum Gasteiger partial charge on any atom is 0.397 e. The third-order valence-electron chi connectivity index (χ3n) is 2.49. The molecule has 0 radical (unpaired) electrons. The summed E-state index contributed by atoms with van der Waals surface area (Å²) in [5.41, 5.74) is -1.91. The minimum Gasteiger partial charge on any atom is -0.302 e. The van der Waals surface area contributed by atoms with Gasteiger partial charge in [-0.1, -0.05) is 12.1 Å². The molecular weight excluding hydrogens is 241 g/mol. The minimum absolute atomic E-state index is 0.0641. The largest absolute Gasteiger partial charge is 0.397 e. The third-order valence-corrected chi connectivity index (χ3v) is 3.16. The lowest BCUT2D eigenvalue weighted by atomic mass is 9.84. The Morgan fingerprint density at radius 2 is 1.56 bits per heavy atom. The maximum atomic E-state index is 12.7. The zero-order chi connectivity index (χ0) is 12.6. The number of rotatable bonds is 2. The van der Waals surface area contributed by atoms with Crippen LogP contribution in [0.3, 0.4) is 0 Å².